The number of benzene rings is 1. The second-order valence-electron chi connectivity index (χ2n) is 5.41. The summed E-state index contributed by atoms with van der Waals surface area (Å²) in [6.45, 7) is 4.19. The third kappa shape index (κ3) is 2.47. The maximum atomic E-state index is 6.29. The first-order valence-electron chi connectivity index (χ1n) is 7.27. The molecular weight excluding hydrogens is 246 g/mol. The van der Waals surface area contributed by atoms with E-state index in [2.05, 4.69) is 53.2 Å². The van der Waals surface area contributed by atoms with Crippen LogP contribution in [-0.2, 0) is 6.54 Å². The average Bonchev–Trinajstić information content (AvgIpc) is 2.84. The molecule has 1 aliphatic carbocycles. The van der Waals surface area contributed by atoms with E-state index >= 15 is 0 Å². The zero-order chi connectivity index (χ0) is 13.9. The Labute approximate surface area is 120 Å². The van der Waals surface area contributed by atoms with Crippen molar-refractivity contribution in [3.05, 3.63) is 65.5 Å². The number of pyridine rings is 1. The molecule has 1 heterocycles. The van der Waals surface area contributed by atoms with E-state index in [0.717, 1.165) is 19.5 Å². The third-order valence-electron chi connectivity index (χ3n) is 4.21. The van der Waals surface area contributed by atoms with E-state index in [-0.39, 0.29) is 6.04 Å². The topological polar surface area (TPSA) is 42.2 Å². The predicted octanol–water partition coefficient (Wildman–Crippen LogP) is 3.05. The Balaban J connectivity index is 1.84. The summed E-state index contributed by atoms with van der Waals surface area (Å²) in [5.41, 5.74) is 10.3. The second-order valence-corrected chi connectivity index (χ2v) is 5.41. The van der Waals surface area contributed by atoms with E-state index in [0.29, 0.717) is 6.04 Å². The van der Waals surface area contributed by atoms with Crippen LogP contribution in [0.4, 0.5) is 0 Å². The lowest BCUT2D eigenvalue weighted by atomic mass is 10.1. The molecule has 0 saturated carbocycles. The molecule has 0 amide bonds. The highest BCUT2D eigenvalue weighted by Crippen LogP contribution is 2.41. The van der Waals surface area contributed by atoms with Crippen LogP contribution >= 0.6 is 0 Å². The first-order valence-corrected chi connectivity index (χ1v) is 7.27. The van der Waals surface area contributed by atoms with Crippen molar-refractivity contribution in [3.63, 3.8) is 0 Å². The molecule has 0 fully saturated rings. The molecule has 0 bridgehead atoms. The van der Waals surface area contributed by atoms with Gasteiger partial charge < -0.3 is 5.73 Å². The van der Waals surface area contributed by atoms with Gasteiger partial charge in [-0.15, -0.1) is 0 Å². The van der Waals surface area contributed by atoms with Crippen molar-refractivity contribution in [2.75, 3.05) is 6.54 Å². The van der Waals surface area contributed by atoms with E-state index in [1.54, 1.807) is 0 Å². The van der Waals surface area contributed by atoms with Crippen LogP contribution in [0.25, 0.3) is 0 Å². The molecule has 2 unspecified atom stereocenters. The first kappa shape index (κ1) is 13.3. The Morgan fingerprint density at radius 3 is 2.55 bits per heavy atom. The molecule has 1 aromatic heterocycles. The summed E-state index contributed by atoms with van der Waals surface area (Å²) in [4.78, 5) is 6.59. The van der Waals surface area contributed by atoms with Gasteiger partial charge in [-0.05, 0) is 41.8 Å². The quantitative estimate of drug-likeness (QED) is 0.925. The molecule has 0 aliphatic heterocycles. The second kappa shape index (κ2) is 5.73. The molecule has 2 aromatic rings. The summed E-state index contributed by atoms with van der Waals surface area (Å²) in [7, 11) is 0. The van der Waals surface area contributed by atoms with Gasteiger partial charge in [0.15, 0.2) is 0 Å². The van der Waals surface area contributed by atoms with Crippen LogP contribution in [0.2, 0.25) is 0 Å². The van der Waals surface area contributed by atoms with Crippen molar-refractivity contribution in [2.45, 2.75) is 32.0 Å². The van der Waals surface area contributed by atoms with Crippen LogP contribution in [0, 0.1) is 0 Å². The van der Waals surface area contributed by atoms with E-state index in [1.165, 1.54) is 16.7 Å². The highest BCUT2D eigenvalue weighted by atomic mass is 15.2. The zero-order valence-electron chi connectivity index (χ0n) is 11.9. The van der Waals surface area contributed by atoms with Crippen LogP contribution in [0.5, 0.6) is 0 Å². The largest absolute Gasteiger partial charge is 0.324 e. The van der Waals surface area contributed by atoms with Crippen molar-refractivity contribution in [1.29, 1.82) is 0 Å². The lowest BCUT2D eigenvalue weighted by molar-refractivity contribution is 0.193. The maximum absolute atomic E-state index is 6.29. The third-order valence-corrected chi connectivity index (χ3v) is 4.21. The van der Waals surface area contributed by atoms with Crippen molar-refractivity contribution in [3.8, 4) is 0 Å². The Bertz CT molecular complexity index is 567. The summed E-state index contributed by atoms with van der Waals surface area (Å²) in [5.74, 6) is 0. The summed E-state index contributed by atoms with van der Waals surface area (Å²) >= 11 is 0. The van der Waals surface area contributed by atoms with Gasteiger partial charge >= 0.3 is 0 Å². The number of nitrogens with two attached hydrogens (primary N) is 1. The minimum Gasteiger partial charge on any atom is -0.324 e. The van der Waals surface area contributed by atoms with Gasteiger partial charge in [-0.2, -0.15) is 0 Å². The zero-order valence-corrected chi connectivity index (χ0v) is 11.9. The van der Waals surface area contributed by atoms with Gasteiger partial charge in [-0.3, -0.25) is 9.88 Å². The minimum atomic E-state index is 0.169. The van der Waals surface area contributed by atoms with Gasteiger partial charge in [-0.25, -0.2) is 0 Å². The standard InChI is InChI=1S/C17H21N3/c1-2-20(12-13-7-9-19-10-8-13)17-11-16(18)14-5-3-4-6-15(14)17/h3-10,16-17H,2,11-12,18H2,1H3. The average molecular weight is 267 g/mol. The lowest BCUT2D eigenvalue weighted by Gasteiger charge is -2.28. The molecule has 0 saturated heterocycles. The van der Waals surface area contributed by atoms with Crippen molar-refractivity contribution >= 4 is 0 Å². The number of fused-ring (bicyclic) bond motifs is 1. The van der Waals surface area contributed by atoms with Gasteiger partial charge in [0, 0.05) is 31.0 Å². The van der Waals surface area contributed by atoms with E-state index in [9.17, 15) is 0 Å². The van der Waals surface area contributed by atoms with Crippen molar-refractivity contribution < 1.29 is 0 Å². The molecule has 3 nitrogen and oxygen atoms in total. The van der Waals surface area contributed by atoms with Crippen LogP contribution in [0.1, 0.15) is 42.1 Å². The van der Waals surface area contributed by atoms with Gasteiger partial charge in [0.1, 0.15) is 0 Å². The highest BCUT2D eigenvalue weighted by molar-refractivity contribution is 5.37. The molecule has 3 rings (SSSR count). The molecule has 3 heteroatoms. The van der Waals surface area contributed by atoms with Crippen molar-refractivity contribution in [2.24, 2.45) is 5.73 Å². The van der Waals surface area contributed by atoms with E-state index in [4.69, 9.17) is 5.73 Å². The molecule has 2 atom stereocenters. The Kier molecular flexibility index (Phi) is 3.81. The molecule has 20 heavy (non-hydrogen) atoms. The monoisotopic (exact) mass is 267 g/mol. The molecule has 0 radical (unpaired) electrons. The van der Waals surface area contributed by atoms with Crippen LogP contribution < -0.4 is 5.73 Å². The van der Waals surface area contributed by atoms with E-state index < -0.39 is 0 Å². The van der Waals surface area contributed by atoms with Crippen LogP contribution in [-0.4, -0.2) is 16.4 Å². The number of aromatic nitrogens is 1. The Hall–Kier alpha value is -1.71. The smallest absolute Gasteiger partial charge is 0.0372 e. The molecule has 1 aliphatic rings. The predicted molar refractivity (Wildman–Crippen MR) is 81.0 cm³/mol. The number of hydrogen-bond acceptors (Lipinski definition) is 3. The fourth-order valence-corrected chi connectivity index (χ4v) is 3.16. The molecular formula is C17H21N3. The fourth-order valence-electron chi connectivity index (χ4n) is 3.16. The van der Waals surface area contributed by atoms with Gasteiger partial charge in [0.2, 0.25) is 0 Å². The Morgan fingerprint density at radius 1 is 1.15 bits per heavy atom. The molecule has 1 aromatic carbocycles. The maximum Gasteiger partial charge on any atom is 0.0372 e. The molecule has 104 valence electrons. The van der Waals surface area contributed by atoms with Gasteiger partial charge in [0.25, 0.3) is 0 Å². The first-order chi connectivity index (χ1) is 9.79. The Morgan fingerprint density at radius 2 is 1.85 bits per heavy atom. The van der Waals surface area contributed by atoms with Crippen molar-refractivity contribution in [1.82, 2.24) is 9.88 Å². The highest BCUT2D eigenvalue weighted by Gasteiger charge is 2.31. The molecule has 0 spiro atoms. The minimum absolute atomic E-state index is 0.169. The number of nitrogens with zero attached hydrogens (tertiary/aromatic N) is 2. The van der Waals surface area contributed by atoms with Gasteiger partial charge in [-0.1, -0.05) is 31.2 Å². The van der Waals surface area contributed by atoms with E-state index in [1.807, 2.05) is 12.4 Å². The summed E-state index contributed by atoms with van der Waals surface area (Å²) < 4.78 is 0. The normalized spacial score (nSPS) is 21.1. The summed E-state index contributed by atoms with van der Waals surface area (Å²) in [6, 6.07) is 13.4. The molecule has 2 N–H and O–H groups in total. The lowest BCUT2D eigenvalue weighted by Crippen LogP contribution is -2.27. The van der Waals surface area contributed by atoms with Crippen LogP contribution in [0.3, 0.4) is 0 Å². The number of hydrogen-bond donors (Lipinski definition) is 1. The number of rotatable bonds is 4. The fraction of sp³-hybridized carbons (Fsp3) is 0.353. The summed E-state index contributed by atoms with van der Waals surface area (Å²) in [6.07, 6.45) is 4.73. The van der Waals surface area contributed by atoms with Gasteiger partial charge in [0.05, 0.1) is 0 Å². The summed E-state index contributed by atoms with van der Waals surface area (Å²) in [5, 5.41) is 0. The van der Waals surface area contributed by atoms with Crippen LogP contribution in [0.15, 0.2) is 48.8 Å². The SMILES string of the molecule is CCN(Cc1ccncc1)C1CC(N)c2ccccc21.